The lowest BCUT2D eigenvalue weighted by molar-refractivity contribution is -0.0889. The van der Waals surface area contributed by atoms with Gasteiger partial charge >= 0.3 is 0 Å². The van der Waals surface area contributed by atoms with Crippen LogP contribution in [0.4, 0.5) is 5.82 Å². The Morgan fingerprint density at radius 3 is 2.57 bits per heavy atom. The van der Waals surface area contributed by atoms with E-state index in [1.54, 1.807) is 0 Å². The first-order valence-electron chi connectivity index (χ1n) is 12.3. The minimum Gasteiger partial charge on any atom is -0.378 e. The van der Waals surface area contributed by atoms with Crippen LogP contribution in [0.3, 0.4) is 0 Å². The molecule has 35 heavy (non-hydrogen) atoms. The van der Waals surface area contributed by atoms with Gasteiger partial charge in [-0.05, 0) is 32.9 Å². The van der Waals surface area contributed by atoms with Gasteiger partial charge in [0, 0.05) is 33.2 Å². The maximum atomic E-state index is 5.91. The number of imidazole rings is 2. The number of para-hydroxylation sites is 2. The van der Waals surface area contributed by atoms with Gasteiger partial charge in [-0.15, -0.1) is 0 Å². The third-order valence-corrected chi connectivity index (χ3v) is 6.89. The number of aromatic nitrogens is 6. The SMILES string of the molecule is Cc1nc2ccccc2n1-c1nc(N2CCOCC2)c2nc(CN3CCOC(C)(C)C3)n(C)c2n1. The number of aryl methyl sites for hydroxylation is 2. The van der Waals surface area contributed by atoms with Crippen molar-refractivity contribution in [2.24, 2.45) is 7.05 Å². The molecule has 5 heterocycles. The molecule has 6 rings (SSSR count). The number of nitrogens with zero attached hydrogens (tertiary/aromatic N) is 8. The molecule has 0 amide bonds. The molecule has 0 spiro atoms. The van der Waals surface area contributed by atoms with E-state index < -0.39 is 0 Å². The van der Waals surface area contributed by atoms with Gasteiger partial charge in [0.15, 0.2) is 17.0 Å². The van der Waals surface area contributed by atoms with E-state index >= 15 is 0 Å². The fourth-order valence-electron chi connectivity index (χ4n) is 5.17. The molecule has 2 aliphatic heterocycles. The number of morpholine rings is 2. The van der Waals surface area contributed by atoms with Crippen molar-refractivity contribution in [3.8, 4) is 5.95 Å². The molecule has 2 aliphatic rings. The Bertz CT molecular complexity index is 1390. The fourth-order valence-corrected chi connectivity index (χ4v) is 5.17. The Labute approximate surface area is 204 Å². The molecule has 0 radical (unpaired) electrons. The highest BCUT2D eigenvalue weighted by Crippen LogP contribution is 2.29. The van der Waals surface area contributed by atoms with Crippen LogP contribution in [0, 0.1) is 6.92 Å². The van der Waals surface area contributed by atoms with E-state index in [9.17, 15) is 0 Å². The maximum Gasteiger partial charge on any atom is 0.239 e. The molecule has 1 aromatic carbocycles. The predicted octanol–water partition coefficient (Wildman–Crippen LogP) is 2.46. The highest BCUT2D eigenvalue weighted by Gasteiger charge is 2.29. The van der Waals surface area contributed by atoms with Crippen molar-refractivity contribution in [2.45, 2.75) is 32.9 Å². The quantitative estimate of drug-likeness (QED) is 0.444. The van der Waals surface area contributed by atoms with Gasteiger partial charge in [-0.3, -0.25) is 9.47 Å². The van der Waals surface area contributed by atoms with Crippen molar-refractivity contribution in [2.75, 3.05) is 50.9 Å². The Morgan fingerprint density at radius 1 is 0.971 bits per heavy atom. The Kier molecular flexibility index (Phi) is 5.46. The van der Waals surface area contributed by atoms with E-state index in [0.29, 0.717) is 19.2 Å². The molecule has 10 heteroatoms. The molecule has 0 unspecified atom stereocenters. The molecule has 10 nitrogen and oxygen atoms in total. The molecule has 0 N–H and O–H groups in total. The highest BCUT2D eigenvalue weighted by atomic mass is 16.5. The summed E-state index contributed by atoms with van der Waals surface area (Å²) in [7, 11) is 2.05. The summed E-state index contributed by atoms with van der Waals surface area (Å²) < 4.78 is 15.7. The van der Waals surface area contributed by atoms with Crippen molar-refractivity contribution in [3.05, 3.63) is 35.9 Å². The third-order valence-electron chi connectivity index (χ3n) is 6.89. The van der Waals surface area contributed by atoms with Crippen molar-refractivity contribution in [3.63, 3.8) is 0 Å². The molecule has 0 atom stereocenters. The zero-order valence-corrected chi connectivity index (χ0v) is 20.9. The summed E-state index contributed by atoms with van der Waals surface area (Å²) in [5.74, 6) is 3.31. The Hall–Kier alpha value is -3.08. The maximum absolute atomic E-state index is 5.91. The first-order valence-corrected chi connectivity index (χ1v) is 12.3. The molecule has 0 saturated carbocycles. The van der Waals surface area contributed by atoms with E-state index in [-0.39, 0.29) is 5.60 Å². The number of anilines is 1. The summed E-state index contributed by atoms with van der Waals surface area (Å²) >= 11 is 0. The number of hydrogen-bond donors (Lipinski definition) is 0. The van der Waals surface area contributed by atoms with E-state index in [4.69, 9.17) is 29.4 Å². The fraction of sp³-hybridized carbons (Fsp3) is 0.520. The first kappa shape index (κ1) is 22.4. The topological polar surface area (TPSA) is 86.4 Å². The van der Waals surface area contributed by atoms with E-state index in [0.717, 1.165) is 79.0 Å². The number of rotatable bonds is 4. The molecular weight excluding hydrogens is 444 g/mol. The van der Waals surface area contributed by atoms with Crippen LogP contribution in [0.5, 0.6) is 0 Å². The van der Waals surface area contributed by atoms with Crippen LogP contribution in [-0.2, 0) is 23.1 Å². The highest BCUT2D eigenvalue weighted by molar-refractivity contribution is 5.86. The smallest absolute Gasteiger partial charge is 0.239 e. The summed E-state index contributed by atoms with van der Waals surface area (Å²) in [6, 6.07) is 8.11. The van der Waals surface area contributed by atoms with Crippen LogP contribution in [0.2, 0.25) is 0 Å². The second-order valence-electron chi connectivity index (χ2n) is 10.0. The molecular formula is C25H32N8O2. The molecule has 2 saturated heterocycles. The van der Waals surface area contributed by atoms with E-state index in [1.165, 1.54) is 0 Å². The zero-order valence-electron chi connectivity index (χ0n) is 20.9. The average molecular weight is 477 g/mol. The van der Waals surface area contributed by atoms with Crippen LogP contribution in [0.25, 0.3) is 28.1 Å². The van der Waals surface area contributed by atoms with Gasteiger partial charge in [-0.1, -0.05) is 12.1 Å². The number of benzene rings is 1. The van der Waals surface area contributed by atoms with Crippen LogP contribution in [-0.4, -0.2) is 85.6 Å². The van der Waals surface area contributed by atoms with Crippen LogP contribution < -0.4 is 4.90 Å². The average Bonchev–Trinajstić information content (AvgIpc) is 3.34. The van der Waals surface area contributed by atoms with Gasteiger partial charge < -0.3 is 18.9 Å². The van der Waals surface area contributed by atoms with E-state index in [2.05, 4.69) is 41.3 Å². The van der Waals surface area contributed by atoms with Crippen LogP contribution in [0.1, 0.15) is 25.5 Å². The molecule has 0 aliphatic carbocycles. The van der Waals surface area contributed by atoms with Crippen LogP contribution in [0.15, 0.2) is 24.3 Å². The summed E-state index contributed by atoms with van der Waals surface area (Å²) in [5, 5.41) is 0. The Morgan fingerprint density at radius 2 is 1.77 bits per heavy atom. The lowest BCUT2D eigenvalue weighted by atomic mass is 10.1. The predicted molar refractivity (Wildman–Crippen MR) is 134 cm³/mol. The second-order valence-corrected chi connectivity index (χ2v) is 10.0. The van der Waals surface area contributed by atoms with Gasteiger partial charge in [0.25, 0.3) is 0 Å². The lowest BCUT2D eigenvalue weighted by Crippen LogP contribution is -2.48. The standard InChI is InChI=1S/C25H32N8O2/c1-17-26-18-7-5-6-8-19(18)33(17)24-28-22-21(23(29-24)32-10-12-34-13-11-32)27-20(30(22)4)15-31-9-14-35-25(2,3)16-31/h5-8H,9-16H2,1-4H3. The minimum absolute atomic E-state index is 0.158. The number of hydrogen-bond acceptors (Lipinski definition) is 8. The second kappa shape index (κ2) is 8.54. The molecule has 0 bridgehead atoms. The lowest BCUT2D eigenvalue weighted by Gasteiger charge is -2.37. The number of ether oxygens (including phenoxy) is 2. The van der Waals surface area contributed by atoms with Gasteiger partial charge in [0.1, 0.15) is 11.6 Å². The summed E-state index contributed by atoms with van der Waals surface area (Å²) in [6.45, 7) is 12.4. The monoisotopic (exact) mass is 476 g/mol. The van der Waals surface area contributed by atoms with Gasteiger partial charge in [0.2, 0.25) is 5.95 Å². The number of fused-ring (bicyclic) bond motifs is 2. The van der Waals surface area contributed by atoms with Crippen molar-refractivity contribution >= 4 is 28.0 Å². The third kappa shape index (κ3) is 4.05. The largest absolute Gasteiger partial charge is 0.378 e. The molecule has 3 aromatic heterocycles. The van der Waals surface area contributed by atoms with Gasteiger partial charge in [-0.2, -0.15) is 9.97 Å². The molecule has 2 fully saturated rings. The van der Waals surface area contributed by atoms with Gasteiger partial charge in [0.05, 0.1) is 43.0 Å². The van der Waals surface area contributed by atoms with E-state index in [1.807, 2.05) is 29.7 Å². The summed E-state index contributed by atoms with van der Waals surface area (Å²) in [4.78, 5) is 24.6. The Balaban J connectivity index is 1.49. The summed E-state index contributed by atoms with van der Waals surface area (Å²) in [6.07, 6.45) is 0. The normalized spacial score (nSPS) is 19.1. The van der Waals surface area contributed by atoms with Gasteiger partial charge in [-0.25, -0.2) is 9.97 Å². The van der Waals surface area contributed by atoms with Crippen LogP contribution >= 0.6 is 0 Å². The minimum atomic E-state index is -0.158. The first-order chi connectivity index (χ1) is 16.9. The molecule has 4 aromatic rings. The van der Waals surface area contributed by atoms with Crippen molar-refractivity contribution in [1.29, 1.82) is 0 Å². The molecule has 184 valence electrons. The zero-order chi connectivity index (χ0) is 24.2. The van der Waals surface area contributed by atoms with Crippen molar-refractivity contribution < 1.29 is 9.47 Å². The summed E-state index contributed by atoms with van der Waals surface area (Å²) in [5.41, 5.74) is 3.44. The van der Waals surface area contributed by atoms with Crippen molar-refractivity contribution in [1.82, 2.24) is 34.0 Å².